The summed E-state index contributed by atoms with van der Waals surface area (Å²) in [5, 5.41) is 6.35. The largest absolute Gasteiger partial charge is 0.381 e. The Balaban J connectivity index is 2.23. The van der Waals surface area contributed by atoms with E-state index in [1.165, 1.54) is 0 Å². The average Bonchev–Trinajstić information content (AvgIpc) is 2.78. The summed E-state index contributed by atoms with van der Waals surface area (Å²) in [4.78, 5) is 25.7. The van der Waals surface area contributed by atoms with Crippen molar-refractivity contribution in [2.75, 3.05) is 18.8 Å². The van der Waals surface area contributed by atoms with Crippen LogP contribution in [0.4, 0.5) is 5.82 Å². The molecule has 2 heterocycles. The molecule has 1 fully saturated rings. The smallest absolute Gasteiger partial charge is 0.273 e. The number of nitrogen functional groups attached to an aromatic ring is 1. The van der Waals surface area contributed by atoms with Gasteiger partial charge in [-0.1, -0.05) is 18.5 Å². The summed E-state index contributed by atoms with van der Waals surface area (Å²) in [7, 11) is 0. The van der Waals surface area contributed by atoms with Crippen molar-refractivity contribution in [2.24, 2.45) is 11.1 Å². The van der Waals surface area contributed by atoms with Gasteiger partial charge in [-0.3, -0.25) is 14.7 Å². The first-order valence-electron chi connectivity index (χ1n) is 6.50. The van der Waals surface area contributed by atoms with Gasteiger partial charge in [-0.25, -0.2) is 0 Å². The molecule has 1 aromatic heterocycles. The van der Waals surface area contributed by atoms with Crippen molar-refractivity contribution in [3.8, 4) is 0 Å². The third-order valence-corrected chi connectivity index (χ3v) is 4.39. The molecule has 0 aromatic carbocycles. The minimum absolute atomic E-state index is 0.0867. The van der Waals surface area contributed by atoms with Crippen molar-refractivity contribution in [1.82, 2.24) is 15.1 Å². The van der Waals surface area contributed by atoms with Crippen LogP contribution in [-0.4, -0.2) is 40.0 Å². The summed E-state index contributed by atoms with van der Waals surface area (Å²) in [6, 6.07) is 0. The molecule has 1 saturated heterocycles. The molecule has 5 N–H and O–H groups in total. The maximum atomic E-state index is 12.4. The van der Waals surface area contributed by atoms with E-state index in [0.29, 0.717) is 25.9 Å². The summed E-state index contributed by atoms with van der Waals surface area (Å²) in [6.45, 7) is 2.76. The summed E-state index contributed by atoms with van der Waals surface area (Å²) >= 11 is 5.93. The van der Waals surface area contributed by atoms with Gasteiger partial charge in [0.05, 0.1) is 5.41 Å². The number of halogens is 1. The highest BCUT2D eigenvalue weighted by Gasteiger charge is 2.41. The number of nitrogens with zero attached hydrogens (tertiary/aromatic N) is 2. The Bertz CT molecular complexity index is 544. The molecule has 2 amide bonds. The topological polar surface area (TPSA) is 118 Å². The number of aromatic nitrogens is 2. The number of hydrogen-bond acceptors (Lipinski definition) is 4. The molecule has 20 heavy (non-hydrogen) atoms. The minimum Gasteiger partial charge on any atom is -0.381 e. The number of rotatable bonds is 3. The van der Waals surface area contributed by atoms with Gasteiger partial charge in [-0.05, 0) is 19.3 Å². The summed E-state index contributed by atoms with van der Waals surface area (Å²) in [6.07, 6.45) is 2.02. The molecule has 0 bridgehead atoms. The Kier molecular flexibility index (Phi) is 3.89. The summed E-state index contributed by atoms with van der Waals surface area (Å²) in [5.74, 6) is -0.589. The normalized spacial score (nSPS) is 22.8. The molecule has 2 rings (SSSR count). The van der Waals surface area contributed by atoms with Gasteiger partial charge in [0.2, 0.25) is 5.91 Å². The lowest BCUT2D eigenvalue weighted by Crippen LogP contribution is -2.52. The highest BCUT2D eigenvalue weighted by atomic mass is 35.5. The van der Waals surface area contributed by atoms with E-state index in [0.717, 1.165) is 6.42 Å². The number of H-pyrrole nitrogens is 1. The van der Waals surface area contributed by atoms with E-state index in [4.69, 9.17) is 23.1 Å². The summed E-state index contributed by atoms with van der Waals surface area (Å²) < 4.78 is 0. The molecule has 7 nitrogen and oxygen atoms in total. The zero-order valence-corrected chi connectivity index (χ0v) is 12.0. The van der Waals surface area contributed by atoms with Crippen molar-refractivity contribution in [3.05, 3.63) is 10.7 Å². The quantitative estimate of drug-likeness (QED) is 0.763. The Labute approximate surface area is 121 Å². The highest BCUT2D eigenvalue weighted by molar-refractivity contribution is 6.35. The predicted molar refractivity (Wildman–Crippen MR) is 75.1 cm³/mol. The summed E-state index contributed by atoms with van der Waals surface area (Å²) in [5.41, 5.74) is 10.5. The third-order valence-electron chi connectivity index (χ3n) is 4.01. The average molecular weight is 300 g/mol. The van der Waals surface area contributed by atoms with Gasteiger partial charge in [0, 0.05) is 13.1 Å². The molecule has 1 aromatic rings. The monoisotopic (exact) mass is 299 g/mol. The van der Waals surface area contributed by atoms with Gasteiger partial charge >= 0.3 is 0 Å². The number of carbonyl (C=O) groups is 2. The lowest BCUT2D eigenvalue weighted by Gasteiger charge is -2.40. The number of likely N-dealkylation sites (tertiary alicyclic amines) is 1. The molecule has 1 aliphatic heterocycles. The third kappa shape index (κ3) is 2.33. The number of piperidine rings is 1. The maximum Gasteiger partial charge on any atom is 0.273 e. The van der Waals surface area contributed by atoms with E-state index in [9.17, 15) is 9.59 Å². The van der Waals surface area contributed by atoms with Crippen molar-refractivity contribution >= 4 is 29.2 Å². The first-order chi connectivity index (χ1) is 9.41. The molecule has 0 saturated carbocycles. The van der Waals surface area contributed by atoms with Crippen LogP contribution < -0.4 is 11.5 Å². The fourth-order valence-corrected chi connectivity index (χ4v) is 2.78. The standard InChI is InChI=1S/C12H18ClN5O2/c1-2-12(11(15)20)4-3-5-18(6-12)10(19)8-7(13)9(14)17-16-8/h2-6H2,1H3,(H2,15,20)(H3,14,16,17). The second kappa shape index (κ2) is 5.32. The first-order valence-corrected chi connectivity index (χ1v) is 6.87. The molecular weight excluding hydrogens is 282 g/mol. The lowest BCUT2D eigenvalue weighted by molar-refractivity contribution is -0.130. The molecular formula is C12H18ClN5O2. The van der Waals surface area contributed by atoms with Crippen molar-refractivity contribution < 1.29 is 9.59 Å². The van der Waals surface area contributed by atoms with Crippen LogP contribution in [0, 0.1) is 5.41 Å². The van der Waals surface area contributed by atoms with Gasteiger partial charge in [0.15, 0.2) is 5.82 Å². The molecule has 110 valence electrons. The van der Waals surface area contributed by atoms with Gasteiger partial charge in [-0.2, -0.15) is 5.10 Å². The predicted octanol–water partition coefficient (Wildman–Crippen LogP) is 0.763. The zero-order valence-electron chi connectivity index (χ0n) is 11.3. The number of nitrogens with one attached hydrogen (secondary N) is 1. The number of hydrogen-bond donors (Lipinski definition) is 3. The first kappa shape index (κ1) is 14.6. The molecule has 0 aliphatic carbocycles. The molecule has 1 unspecified atom stereocenters. The van der Waals surface area contributed by atoms with E-state index >= 15 is 0 Å². The Hall–Kier alpha value is -1.76. The molecule has 0 radical (unpaired) electrons. The van der Waals surface area contributed by atoms with E-state index in [1.807, 2.05) is 6.92 Å². The number of amides is 2. The number of nitrogens with two attached hydrogens (primary N) is 2. The molecule has 8 heteroatoms. The minimum atomic E-state index is -0.661. The van der Waals surface area contributed by atoms with Crippen LogP contribution in [0.1, 0.15) is 36.7 Å². The van der Waals surface area contributed by atoms with Crippen molar-refractivity contribution in [3.63, 3.8) is 0 Å². The molecule has 1 aliphatic rings. The van der Waals surface area contributed by atoms with Crippen LogP contribution in [0.5, 0.6) is 0 Å². The van der Waals surface area contributed by atoms with Gasteiger partial charge < -0.3 is 16.4 Å². The number of anilines is 1. The second-order valence-electron chi connectivity index (χ2n) is 5.13. The Morgan fingerprint density at radius 1 is 1.55 bits per heavy atom. The Morgan fingerprint density at radius 3 is 2.75 bits per heavy atom. The van der Waals surface area contributed by atoms with Crippen LogP contribution >= 0.6 is 11.6 Å². The van der Waals surface area contributed by atoms with Crippen LogP contribution in [0.15, 0.2) is 0 Å². The van der Waals surface area contributed by atoms with Crippen LogP contribution in [0.2, 0.25) is 5.02 Å². The van der Waals surface area contributed by atoms with E-state index in [-0.39, 0.29) is 28.3 Å². The molecule has 1 atom stereocenters. The van der Waals surface area contributed by atoms with Crippen LogP contribution in [0.25, 0.3) is 0 Å². The zero-order chi connectivity index (χ0) is 14.9. The highest BCUT2D eigenvalue weighted by Crippen LogP contribution is 2.34. The van der Waals surface area contributed by atoms with E-state index < -0.39 is 5.41 Å². The number of carbonyl (C=O) groups excluding carboxylic acids is 2. The van der Waals surface area contributed by atoms with Gasteiger partial charge in [-0.15, -0.1) is 0 Å². The van der Waals surface area contributed by atoms with Crippen molar-refractivity contribution in [1.29, 1.82) is 0 Å². The van der Waals surface area contributed by atoms with E-state index in [1.54, 1.807) is 4.90 Å². The second-order valence-corrected chi connectivity index (χ2v) is 5.50. The molecule has 0 spiro atoms. The van der Waals surface area contributed by atoms with Crippen LogP contribution in [0.3, 0.4) is 0 Å². The Morgan fingerprint density at radius 2 is 2.25 bits per heavy atom. The number of primary amides is 1. The van der Waals surface area contributed by atoms with Crippen molar-refractivity contribution in [2.45, 2.75) is 26.2 Å². The number of aromatic amines is 1. The fraction of sp³-hybridized carbons (Fsp3) is 0.583. The lowest BCUT2D eigenvalue weighted by atomic mass is 9.77. The SMILES string of the molecule is CCC1(C(N)=O)CCCN(C(=O)c2[nH]nc(N)c2Cl)C1. The maximum absolute atomic E-state index is 12.4. The van der Waals surface area contributed by atoms with E-state index in [2.05, 4.69) is 10.2 Å². The fourth-order valence-electron chi connectivity index (χ4n) is 2.61. The van der Waals surface area contributed by atoms with Crippen LogP contribution in [-0.2, 0) is 4.79 Å². The van der Waals surface area contributed by atoms with Gasteiger partial charge in [0.25, 0.3) is 5.91 Å². The van der Waals surface area contributed by atoms with Gasteiger partial charge in [0.1, 0.15) is 10.7 Å².